The Kier molecular flexibility index (Phi) is 4.13. The number of carbonyl (C=O) groups excluding carboxylic acids is 1. The smallest absolute Gasteiger partial charge is 0.228 e. The standard InChI is InChI=1S/C19H20FN3O2/c20-13-3-1-11(2-4-13)17-8-7-16(21)18(22-17)23-19(24)12-9-14-5-6-15(10-12)25-14/h1-4,7-8,12,14-15H,5-6,9-10,21H2,(H,22,23,24). The van der Waals surface area contributed by atoms with Gasteiger partial charge in [0.05, 0.1) is 23.6 Å². The molecule has 4 rings (SSSR count). The zero-order valence-corrected chi connectivity index (χ0v) is 13.7. The monoisotopic (exact) mass is 341 g/mol. The molecule has 1 aromatic heterocycles. The number of carbonyl (C=O) groups is 1. The van der Waals surface area contributed by atoms with E-state index in [4.69, 9.17) is 10.5 Å². The first-order chi connectivity index (χ1) is 12.1. The van der Waals surface area contributed by atoms with Gasteiger partial charge in [-0.3, -0.25) is 4.79 Å². The molecule has 0 radical (unpaired) electrons. The third-order valence-corrected chi connectivity index (χ3v) is 4.97. The highest BCUT2D eigenvalue weighted by Gasteiger charge is 2.38. The van der Waals surface area contributed by atoms with Crippen molar-refractivity contribution in [1.29, 1.82) is 0 Å². The number of amides is 1. The number of anilines is 2. The zero-order chi connectivity index (χ0) is 17.4. The molecule has 3 N–H and O–H groups in total. The van der Waals surface area contributed by atoms with Gasteiger partial charge in [-0.2, -0.15) is 0 Å². The van der Waals surface area contributed by atoms with E-state index in [9.17, 15) is 9.18 Å². The maximum atomic E-state index is 13.1. The Bertz CT molecular complexity index is 782. The van der Waals surface area contributed by atoms with Gasteiger partial charge in [0.1, 0.15) is 5.82 Å². The van der Waals surface area contributed by atoms with Crippen LogP contribution >= 0.6 is 0 Å². The third kappa shape index (κ3) is 3.35. The van der Waals surface area contributed by atoms with Crippen LogP contribution in [0.1, 0.15) is 25.7 Å². The van der Waals surface area contributed by atoms with Crippen LogP contribution in [0.4, 0.5) is 15.9 Å². The summed E-state index contributed by atoms with van der Waals surface area (Å²) < 4.78 is 18.9. The van der Waals surface area contributed by atoms with E-state index in [0.717, 1.165) is 31.2 Å². The third-order valence-electron chi connectivity index (χ3n) is 4.97. The molecule has 0 spiro atoms. The van der Waals surface area contributed by atoms with Crippen molar-refractivity contribution in [3.8, 4) is 11.3 Å². The topological polar surface area (TPSA) is 77.2 Å². The van der Waals surface area contributed by atoms with Crippen molar-refractivity contribution >= 4 is 17.4 Å². The molecule has 2 fully saturated rings. The van der Waals surface area contributed by atoms with Crippen molar-refractivity contribution in [2.24, 2.45) is 5.92 Å². The van der Waals surface area contributed by atoms with E-state index in [1.54, 1.807) is 24.3 Å². The first kappa shape index (κ1) is 16.0. The number of benzene rings is 1. The minimum Gasteiger partial charge on any atom is -0.396 e. The van der Waals surface area contributed by atoms with Gasteiger partial charge >= 0.3 is 0 Å². The Morgan fingerprint density at radius 2 is 1.80 bits per heavy atom. The molecule has 2 saturated heterocycles. The van der Waals surface area contributed by atoms with Gasteiger partial charge in [0.25, 0.3) is 0 Å². The van der Waals surface area contributed by atoms with Gasteiger partial charge in [-0.05, 0) is 62.1 Å². The Balaban J connectivity index is 1.52. The number of aromatic nitrogens is 1. The van der Waals surface area contributed by atoms with Crippen LogP contribution in [-0.2, 0) is 9.53 Å². The molecular formula is C19H20FN3O2. The zero-order valence-electron chi connectivity index (χ0n) is 13.7. The Labute approximate surface area is 145 Å². The maximum absolute atomic E-state index is 13.1. The van der Waals surface area contributed by atoms with Gasteiger partial charge in [-0.15, -0.1) is 0 Å². The predicted octanol–water partition coefficient (Wildman–Crippen LogP) is 3.37. The lowest BCUT2D eigenvalue weighted by atomic mass is 9.95. The summed E-state index contributed by atoms with van der Waals surface area (Å²) in [5.74, 6) is -0.0786. The summed E-state index contributed by atoms with van der Waals surface area (Å²) in [6.07, 6.45) is 3.97. The lowest BCUT2D eigenvalue weighted by Crippen LogP contribution is -2.33. The second kappa shape index (κ2) is 6.44. The van der Waals surface area contributed by atoms with Crippen molar-refractivity contribution in [3.05, 3.63) is 42.2 Å². The van der Waals surface area contributed by atoms with E-state index in [2.05, 4.69) is 10.3 Å². The van der Waals surface area contributed by atoms with E-state index in [0.29, 0.717) is 17.2 Å². The van der Waals surface area contributed by atoms with E-state index in [1.165, 1.54) is 12.1 Å². The second-order valence-electron chi connectivity index (χ2n) is 6.76. The molecule has 2 unspecified atom stereocenters. The fourth-order valence-electron chi connectivity index (χ4n) is 3.64. The van der Waals surface area contributed by atoms with Crippen LogP contribution in [0.15, 0.2) is 36.4 Å². The van der Waals surface area contributed by atoms with E-state index in [1.807, 2.05) is 0 Å². The summed E-state index contributed by atoms with van der Waals surface area (Å²) in [5, 5.41) is 2.87. The average molecular weight is 341 g/mol. The summed E-state index contributed by atoms with van der Waals surface area (Å²) in [5.41, 5.74) is 7.79. The summed E-state index contributed by atoms with van der Waals surface area (Å²) in [4.78, 5) is 17.1. The first-order valence-electron chi connectivity index (χ1n) is 8.57. The highest BCUT2D eigenvalue weighted by molar-refractivity contribution is 5.94. The van der Waals surface area contributed by atoms with Crippen LogP contribution in [0.25, 0.3) is 11.3 Å². The normalized spacial score (nSPS) is 24.9. The second-order valence-corrected chi connectivity index (χ2v) is 6.76. The fraction of sp³-hybridized carbons (Fsp3) is 0.368. The minimum atomic E-state index is -0.304. The number of nitrogens with two attached hydrogens (primary N) is 1. The van der Waals surface area contributed by atoms with E-state index < -0.39 is 0 Å². The molecule has 3 heterocycles. The summed E-state index contributed by atoms with van der Waals surface area (Å²) in [6, 6.07) is 9.51. The van der Waals surface area contributed by atoms with E-state index >= 15 is 0 Å². The number of halogens is 1. The molecule has 2 bridgehead atoms. The number of nitrogens with zero attached hydrogens (tertiary/aromatic N) is 1. The quantitative estimate of drug-likeness (QED) is 0.897. The Hall–Kier alpha value is -2.47. The van der Waals surface area contributed by atoms with Crippen LogP contribution in [0.3, 0.4) is 0 Å². The van der Waals surface area contributed by atoms with Gasteiger partial charge in [-0.25, -0.2) is 9.37 Å². The predicted molar refractivity (Wildman–Crippen MR) is 93.3 cm³/mol. The van der Waals surface area contributed by atoms with Crippen LogP contribution in [0, 0.1) is 11.7 Å². The number of hydrogen-bond acceptors (Lipinski definition) is 4. The summed E-state index contributed by atoms with van der Waals surface area (Å²) in [6.45, 7) is 0. The molecule has 2 aliphatic rings. The van der Waals surface area contributed by atoms with Gasteiger partial charge in [-0.1, -0.05) is 0 Å². The van der Waals surface area contributed by atoms with Gasteiger partial charge in [0, 0.05) is 11.5 Å². The highest BCUT2D eigenvalue weighted by atomic mass is 19.1. The van der Waals surface area contributed by atoms with Crippen molar-refractivity contribution in [2.45, 2.75) is 37.9 Å². The Morgan fingerprint density at radius 1 is 1.12 bits per heavy atom. The maximum Gasteiger partial charge on any atom is 0.228 e. The van der Waals surface area contributed by atoms with Crippen LogP contribution in [0.2, 0.25) is 0 Å². The average Bonchev–Trinajstić information content (AvgIpc) is 2.95. The van der Waals surface area contributed by atoms with Crippen molar-refractivity contribution in [3.63, 3.8) is 0 Å². The molecule has 2 aromatic rings. The van der Waals surface area contributed by atoms with Gasteiger partial charge in [0.15, 0.2) is 5.82 Å². The lowest BCUT2D eigenvalue weighted by molar-refractivity contribution is -0.125. The molecule has 5 nitrogen and oxygen atoms in total. The number of nitrogen functional groups attached to an aromatic ring is 1. The molecule has 1 amide bonds. The van der Waals surface area contributed by atoms with Crippen LogP contribution < -0.4 is 11.1 Å². The number of nitrogens with one attached hydrogen (secondary N) is 1. The molecular weight excluding hydrogens is 321 g/mol. The van der Waals surface area contributed by atoms with Gasteiger partial charge in [0.2, 0.25) is 5.91 Å². The molecule has 130 valence electrons. The first-order valence-corrected chi connectivity index (χ1v) is 8.57. The molecule has 6 heteroatoms. The number of hydrogen-bond donors (Lipinski definition) is 2. The number of ether oxygens (including phenoxy) is 1. The van der Waals surface area contributed by atoms with E-state index in [-0.39, 0.29) is 29.9 Å². The number of rotatable bonds is 3. The Morgan fingerprint density at radius 3 is 2.48 bits per heavy atom. The van der Waals surface area contributed by atoms with Crippen molar-refractivity contribution < 1.29 is 13.9 Å². The molecule has 0 aliphatic carbocycles. The molecule has 1 aromatic carbocycles. The fourth-order valence-corrected chi connectivity index (χ4v) is 3.64. The van der Waals surface area contributed by atoms with Crippen LogP contribution in [0.5, 0.6) is 0 Å². The largest absolute Gasteiger partial charge is 0.396 e. The summed E-state index contributed by atoms with van der Waals surface area (Å²) >= 11 is 0. The number of pyridine rings is 1. The molecule has 2 aliphatic heterocycles. The minimum absolute atomic E-state index is 0.0596. The molecule has 25 heavy (non-hydrogen) atoms. The number of fused-ring (bicyclic) bond motifs is 2. The molecule has 2 atom stereocenters. The van der Waals surface area contributed by atoms with Crippen molar-refractivity contribution in [1.82, 2.24) is 4.98 Å². The van der Waals surface area contributed by atoms with Crippen molar-refractivity contribution in [2.75, 3.05) is 11.1 Å². The highest BCUT2D eigenvalue weighted by Crippen LogP contribution is 2.36. The SMILES string of the molecule is Nc1ccc(-c2ccc(F)cc2)nc1NC(=O)C1CC2CCC(C1)O2. The van der Waals surface area contributed by atoms with Crippen LogP contribution in [-0.4, -0.2) is 23.1 Å². The summed E-state index contributed by atoms with van der Waals surface area (Å²) in [7, 11) is 0. The lowest BCUT2D eigenvalue weighted by Gasteiger charge is -2.27. The molecule has 0 saturated carbocycles. The van der Waals surface area contributed by atoms with Gasteiger partial charge < -0.3 is 15.8 Å².